The molecule has 20 heteroatoms. The minimum Gasteiger partial charge on any atom is -0.480 e. The van der Waals surface area contributed by atoms with Gasteiger partial charge in [0.1, 0.15) is 11.5 Å². The number of carbonyl (C=O) groups is 4. The van der Waals surface area contributed by atoms with Gasteiger partial charge in [-0.1, -0.05) is 25.0 Å². The Morgan fingerprint density at radius 1 is 0.848 bits per heavy atom. The molecule has 1 saturated heterocycles. The van der Waals surface area contributed by atoms with Crippen LogP contribution in [0, 0.1) is 6.92 Å². The Labute approximate surface area is 382 Å². The number of hydrogen-bond acceptors (Lipinski definition) is 16. The van der Waals surface area contributed by atoms with Crippen LogP contribution in [0.2, 0.25) is 0 Å². The van der Waals surface area contributed by atoms with Crippen molar-refractivity contribution in [3.05, 3.63) is 88.0 Å². The lowest BCUT2D eigenvalue weighted by Gasteiger charge is -2.36. The van der Waals surface area contributed by atoms with Crippen LogP contribution in [-0.2, 0) is 19.1 Å². The molecule has 2 fully saturated rings. The zero-order chi connectivity index (χ0) is 46.6. The predicted molar refractivity (Wildman–Crippen MR) is 248 cm³/mol. The van der Waals surface area contributed by atoms with E-state index in [4.69, 9.17) is 19.2 Å². The van der Waals surface area contributed by atoms with E-state index in [0.29, 0.717) is 79.3 Å². The number of piperazine rings is 1. The number of ether oxygens (including phenoxy) is 3. The Morgan fingerprint density at radius 2 is 1.59 bits per heavy atom. The second-order valence-electron chi connectivity index (χ2n) is 16.2. The highest BCUT2D eigenvalue weighted by Gasteiger charge is 2.26. The third-order valence-electron chi connectivity index (χ3n) is 11.7. The Balaban J connectivity index is 0.775. The van der Waals surface area contributed by atoms with Gasteiger partial charge in [-0.2, -0.15) is 4.98 Å². The van der Waals surface area contributed by atoms with Crippen molar-refractivity contribution in [3.8, 4) is 5.88 Å². The van der Waals surface area contributed by atoms with Gasteiger partial charge in [-0.15, -0.1) is 10.2 Å². The van der Waals surface area contributed by atoms with Crippen molar-refractivity contribution in [2.24, 2.45) is 0 Å². The van der Waals surface area contributed by atoms with Crippen molar-refractivity contribution in [1.82, 2.24) is 39.5 Å². The Bertz CT molecular complexity index is 2560. The van der Waals surface area contributed by atoms with Crippen molar-refractivity contribution in [3.63, 3.8) is 0 Å². The van der Waals surface area contributed by atoms with Crippen molar-refractivity contribution < 1.29 is 33.4 Å². The molecule has 1 aliphatic heterocycles. The van der Waals surface area contributed by atoms with Crippen molar-refractivity contribution in [2.75, 3.05) is 101 Å². The molecular formula is C46H56N12O8. The minimum absolute atomic E-state index is 0.00506. The fraction of sp³-hybridized carbons (Fsp3) is 0.435. The first-order valence-electron chi connectivity index (χ1n) is 22.1. The molecule has 66 heavy (non-hydrogen) atoms. The molecule has 4 aromatic heterocycles. The van der Waals surface area contributed by atoms with Crippen LogP contribution >= 0.6 is 0 Å². The molecule has 3 N–H and O–H groups in total. The zero-order valence-corrected chi connectivity index (χ0v) is 37.7. The summed E-state index contributed by atoms with van der Waals surface area (Å²) in [7, 11) is 3.23. The summed E-state index contributed by atoms with van der Waals surface area (Å²) in [6.45, 7) is 7.91. The molecular weight excluding hydrogens is 849 g/mol. The van der Waals surface area contributed by atoms with Crippen LogP contribution in [-0.4, -0.2) is 143 Å². The number of nitrogens with one attached hydrogen (secondary N) is 3. The molecule has 0 bridgehead atoms. The number of aromatic nitrogens is 6. The molecule has 5 heterocycles. The van der Waals surface area contributed by atoms with E-state index < -0.39 is 5.91 Å². The predicted octanol–water partition coefficient (Wildman–Crippen LogP) is 4.25. The van der Waals surface area contributed by atoms with Gasteiger partial charge in [0.2, 0.25) is 23.6 Å². The highest BCUT2D eigenvalue weighted by molar-refractivity contribution is 6.09. The van der Waals surface area contributed by atoms with Crippen LogP contribution in [0.25, 0.3) is 11.0 Å². The van der Waals surface area contributed by atoms with Crippen molar-refractivity contribution >= 4 is 63.5 Å². The number of pyridine rings is 2. The van der Waals surface area contributed by atoms with E-state index in [0.717, 1.165) is 44.5 Å². The fourth-order valence-corrected chi connectivity index (χ4v) is 8.04. The van der Waals surface area contributed by atoms with Gasteiger partial charge >= 0.3 is 0 Å². The number of likely N-dealkylation sites (N-methyl/N-ethyl adjacent to an activating group) is 1. The summed E-state index contributed by atoms with van der Waals surface area (Å²) in [4.78, 5) is 84.4. The van der Waals surface area contributed by atoms with Crippen LogP contribution in [0.5, 0.6) is 5.88 Å². The van der Waals surface area contributed by atoms with Gasteiger partial charge in [-0.3, -0.25) is 33.4 Å². The monoisotopic (exact) mass is 904 g/mol. The van der Waals surface area contributed by atoms with E-state index in [1.165, 1.54) is 14.0 Å². The molecule has 1 aromatic carbocycles. The Morgan fingerprint density at radius 3 is 2.29 bits per heavy atom. The number of para-hydroxylation sites is 1. The second-order valence-corrected chi connectivity index (χ2v) is 16.2. The molecule has 0 unspecified atom stereocenters. The standard InChI is InChI=1S/C46H56N12O8/c1-30-35-28-48-46(52-43(35)58(32-9-5-6-10-32)45(63)42(30)31(2)59)51-37-14-13-33(27-47-37)57-20-18-56(19-21-57)29-41(61)55(3)22-24-66-26-25-65-23-17-39(60)49-36-12-8-7-11-34(36)44(62)50-38-15-16-40(64-4)54-53-38/h7-8,11-16,27-28,32H,5-6,9-10,17-26,29H2,1-4H3,(H,49,60)(H,50,53,62)(H,47,48,51,52). The van der Waals surface area contributed by atoms with Gasteiger partial charge in [0.25, 0.3) is 11.5 Å². The van der Waals surface area contributed by atoms with Crippen molar-refractivity contribution in [2.45, 2.75) is 52.0 Å². The number of aryl methyl sites for hydroxylation is 1. The number of nitrogens with zero attached hydrogens (tertiary/aromatic N) is 9. The molecule has 1 saturated carbocycles. The van der Waals surface area contributed by atoms with Crippen molar-refractivity contribution in [1.29, 1.82) is 0 Å². The largest absolute Gasteiger partial charge is 0.480 e. The number of carbonyl (C=O) groups excluding carboxylic acids is 4. The quantitative estimate of drug-likeness (QED) is 0.0733. The number of amides is 3. The molecule has 0 spiro atoms. The highest BCUT2D eigenvalue weighted by Crippen LogP contribution is 2.32. The SMILES string of the molecule is COc1ccc(NC(=O)c2ccccc2NC(=O)CCOCCOCCN(C)C(=O)CN2CCN(c3ccc(Nc4ncc5c(C)c(C(C)=O)c(=O)n(C6CCCC6)c5n4)nc3)CC2)nn1. The second kappa shape index (κ2) is 22.3. The molecule has 7 rings (SSSR count). The lowest BCUT2D eigenvalue weighted by atomic mass is 10.0. The van der Waals surface area contributed by atoms with Crippen LogP contribution in [0.1, 0.15) is 71.3 Å². The van der Waals surface area contributed by atoms with Gasteiger partial charge in [0.15, 0.2) is 11.6 Å². The number of rotatable bonds is 20. The third kappa shape index (κ3) is 11.9. The van der Waals surface area contributed by atoms with E-state index in [-0.39, 0.29) is 65.8 Å². The van der Waals surface area contributed by atoms with E-state index in [2.05, 4.69) is 45.9 Å². The van der Waals surface area contributed by atoms with E-state index >= 15 is 0 Å². The number of hydrogen-bond donors (Lipinski definition) is 3. The number of anilines is 5. The summed E-state index contributed by atoms with van der Waals surface area (Å²) in [6.07, 6.45) is 7.32. The summed E-state index contributed by atoms with van der Waals surface area (Å²) >= 11 is 0. The smallest absolute Gasteiger partial charge is 0.263 e. The molecule has 3 amide bonds. The topological polar surface area (TPSA) is 228 Å². The normalized spacial score (nSPS) is 14.3. The zero-order valence-electron chi connectivity index (χ0n) is 37.7. The van der Waals surface area contributed by atoms with E-state index in [1.54, 1.807) is 72.2 Å². The van der Waals surface area contributed by atoms with Gasteiger partial charge in [0.05, 0.1) is 75.2 Å². The van der Waals surface area contributed by atoms with Gasteiger partial charge in [-0.05, 0) is 62.6 Å². The van der Waals surface area contributed by atoms with Gasteiger partial charge in [-0.25, -0.2) is 9.97 Å². The van der Waals surface area contributed by atoms with Crippen LogP contribution < -0.4 is 31.1 Å². The van der Waals surface area contributed by atoms with Crippen LogP contribution in [0.15, 0.2) is 65.7 Å². The number of ketones is 1. The summed E-state index contributed by atoms with van der Waals surface area (Å²) in [5.41, 5.74) is 2.60. The van der Waals surface area contributed by atoms with Gasteiger partial charge < -0.3 is 40.0 Å². The lowest BCUT2D eigenvalue weighted by molar-refractivity contribution is -0.132. The molecule has 0 atom stereocenters. The Kier molecular flexibility index (Phi) is 15.9. The lowest BCUT2D eigenvalue weighted by Crippen LogP contribution is -2.50. The first-order chi connectivity index (χ1) is 32.0. The molecule has 20 nitrogen and oxygen atoms in total. The summed E-state index contributed by atoms with van der Waals surface area (Å²) in [5.74, 6) is 0.405. The molecule has 2 aliphatic rings. The molecule has 5 aromatic rings. The average molecular weight is 905 g/mol. The number of fused-ring (bicyclic) bond motifs is 1. The maximum absolute atomic E-state index is 13.6. The van der Waals surface area contributed by atoms with Gasteiger partial charge in [0, 0.05) is 63.5 Å². The summed E-state index contributed by atoms with van der Waals surface area (Å²) < 4.78 is 17.9. The van der Waals surface area contributed by atoms with Crippen LogP contribution in [0.4, 0.5) is 29.0 Å². The maximum Gasteiger partial charge on any atom is 0.263 e. The molecule has 348 valence electrons. The summed E-state index contributed by atoms with van der Waals surface area (Å²) in [5, 5.41) is 17.0. The third-order valence-corrected chi connectivity index (χ3v) is 11.7. The van der Waals surface area contributed by atoms with E-state index in [1.807, 2.05) is 12.1 Å². The number of Topliss-reactive ketones (excluding diaryl/α,β-unsaturated/α-hetero) is 1. The average Bonchev–Trinajstić information content (AvgIpc) is 3.85. The fourth-order valence-electron chi connectivity index (χ4n) is 8.04. The van der Waals surface area contributed by atoms with E-state index in [9.17, 15) is 24.0 Å². The highest BCUT2D eigenvalue weighted by atomic mass is 16.5. The molecule has 1 aliphatic carbocycles. The molecule has 0 radical (unpaired) electrons. The Hall–Kier alpha value is -6.90. The first kappa shape index (κ1) is 47.1. The number of benzene rings is 1. The number of methoxy groups -OCH3 is 1. The maximum atomic E-state index is 13.6. The van der Waals surface area contributed by atoms with Crippen LogP contribution in [0.3, 0.4) is 0 Å². The minimum atomic E-state index is -0.454. The first-order valence-corrected chi connectivity index (χ1v) is 22.1. The summed E-state index contributed by atoms with van der Waals surface area (Å²) in [6, 6.07) is 13.6.